The molecule has 0 unspecified atom stereocenters. The van der Waals surface area contributed by atoms with Crippen LogP contribution < -0.4 is 10.9 Å². The lowest BCUT2D eigenvalue weighted by molar-refractivity contribution is -0.115. The van der Waals surface area contributed by atoms with Crippen LogP contribution in [-0.2, 0) is 14.5 Å². The van der Waals surface area contributed by atoms with Gasteiger partial charge in [-0.1, -0.05) is 23.3 Å². The predicted molar refractivity (Wildman–Crippen MR) is 105 cm³/mol. The molecule has 27 heavy (non-hydrogen) atoms. The van der Waals surface area contributed by atoms with E-state index in [1.165, 1.54) is 31.2 Å². The number of ketones is 1. The van der Waals surface area contributed by atoms with Crippen LogP contribution >= 0.6 is 0 Å². The number of rotatable bonds is 6. The van der Waals surface area contributed by atoms with Crippen LogP contribution in [0.2, 0.25) is 0 Å². The Labute approximate surface area is 159 Å². The van der Waals surface area contributed by atoms with E-state index in [4.69, 9.17) is 0 Å². The van der Waals surface area contributed by atoms with Gasteiger partial charge in [0, 0.05) is 0 Å². The Morgan fingerprint density at radius 1 is 0.889 bits per heavy atom. The van der Waals surface area contributed by atoms with Gasteiger partial charge in [0.25, 0.3) is 0 Å². The second-order valence-electron chi connectivity index (χ2n) is 6.42. The van der Waals surface area contributed by atoms with E-state index in [-0.39, 0.29) is 33.0 Å². The van der Waals surface area contributed by atoms with Gasteiger partial charge in [-0.05, 0) is 56.0 Å². The fraction of sp³-hybridized carbons (Fsp3) is 0.235. The molecule has 0 aromatic heterocycles. The van der Waals surface area contributed by atoms with Gasteiger partial charge in [-0.2, -0.15) is 0 Å². The maximum atomic E-state index is 13.9. The van der Waals surface area contributed by atoms with Crippen LogP contribution in [0.3, 0.4) is 0 Å². The Hall–Kier alpha value is -1.97. The SMILES string of the molecule is CC(=O)CN=S(=O)(c1cc(C)cc(B(O)O)c1)c1cc(C)cc(B(O)O)c1. The highest BCUT2D eigenvalue weighted by Gasteiger charge is 2.23. The fourth-order valence-corrected chi connectivity index (χ4v) is 4.85. The summed E-state index contributed by atoms with van der Waals surface area (Å²) >= 11 is 0. The summed E-state index contributed by atoms with van der Waals surface area (Å²) in [4.78, 5) is 11.9. The molecule has 0 atom stereocenters. The summed E-state index contributed by atoms with van der Waals surface area (Å²) in [5.41, 5.74) is 1.56. The van der Waals surface area contributed by atoms with Gasteiger partial charge in [-0.3, -0.25) is 4.79 Å². The minimum atomic E-state index is -3.34. The van der Waals surface area contributed by atoms with Crippen molar-refractivity contribution in [1.29, 1.82) is 0 Å². The zero-order valence-electron chi connectivity index (χ0n) is 15.3. The van der Waals surface area contributed by atoms with Gasteiger partial charge in [-0.25, -0.2) is 8.57 Å². The Kier molecular flexibility index (Phi) is 6.61. The molecule has 2 aromatic rings. The monoisotopic (exact) mass is 389 g/mol. The van der Waals surface area contributed by atoms with E-state index in [1.54, 1.807) is 26.0 Å². The number of aryl methyl sites for hydroxylation is 2. The number of benzene rings is 2. The van der Waals surface area contributed by atoms with E-state index >= 15 is 0 Å². The molecule has 0 amide bonds. The Bertz CT molecular complexity index is 920. The molecule has 2 rings (SSSR count). The molecule has 0 bridgehead atoms. The first-order chi connectivity index (χ1) is 12.5. The number of carbonyl (C=O) groups excluding carboxylic acids is 1. The molecule has 0 aliphatic rings. The van der Waals surface area contributed by atoms with Crippen LogP contribution in [0.15, 0.2) is 50.6 Å². The molecule has 10 heteroatoms. The van der Waals surface area contributed by atoms with Crippen molar-refractivity contribution >= 4 is 40.7 Å². The molecule has 0 spiro atoms. The summed E-state index contributed by atoms with van der Waals surface area (Å²) in [6.07, 6.45) is 0. The summed E-state index contributed by atoms with van der Waals surface area (Å²) in [6.45, 7) is 4.44. The molecule has 0 heterocycles. The quantitative estimate of drug-likeness (QED) is 0.477. The average Bonchev–Trinajstić information content (AvgIpc) is 2.58. The third-order valence-electron chi connectivity index (χ3n) is 3.85. The maximum absolute atomic E-state index is 13.9. The van der Waals surface area contributed by atoms with Gasteiger partial charge in [-0.15, -0.1) is 0 Å². The van der Waals surface area contributed by atoms with E-state index in [2.05, 4.69) is 4.36 Å². The largest absolute Gasteiger partial charge is 0.488 e. The first-order valence-electron chi connectivity index (χ1n) is 8.21. The van der Waals surface area contributed by atoms with Crippen molar-refractivity contribution in [2.24, 2.45) is 4.36 Å². The summed E-state index contributed by atoms with van der Waals surface area (Å²) in [5, 5.41) is 38.0. The highest BCUT2D eigenvalue weighted by Crippen LogP contribution is 2.24. The first kappa shape index (κ1) is 21.3. The third-order valence-corrected chi connectivity index (χ3v) is 6.09. The van der Waals surface area contributed by atoms with Gasteiger partial charge in [0.15, 0.2) is 5.78 Å². The van der Waals surface area contributed by atoms with Gasteiger partial charge < -0.3 is 20.1 Å². The molecule has 2 aromatic carbocycles. The van der Waals surface area contributed by atoms with Crippen LogP contribution in [0, 0.1) is 13.8 Å². The zero-order valence-corrected chi connectivity index (χ0v) is 16.1. The second-order valence-corrected chi connectivity index (χ2v) is 8.67. The molecule has 0 saturated heterocycles. The fourth-order valence-electron chi connectivity index (χ4n) is 2.64. The normalized spacial score (nSPS) is 11.2. The number of carbonyl (C=O) groups is 1. The van der Waals surface area contributed by atoms with Crippen molar-refractivity contribution in [3.05, 3.63) is 47.5 Å². The van der Waals surface area contributed by atoms with E-state index in [9.17, 15) is 29.1 Å². The van der Waals surface area contributed by atoms with Crippen molar-refractivity contribution in [2.45, 2.75) is 30.6 Å². The predicted octanol–water partition coefficient (Wildman–Crippen LogP) is -0.862. The minimum absolute atomic E-state index is 0.144. The van der Waals surface area contributed by atoms with Gasteiger partial charge >= 0.3 is 14.2 Å². The average molecular weight is 389 g/mol. The van der Waals surface area contributed by atoms with Crippen LogP contribution in [0.1, 0.15) is 18.1 Å². The Morgan fingerprint density at radius 2 is 1.30 bits per heavy atom. The van der Waals surface area contributed by atoms with Crippen LogP contribution in [0.25, 0.3) is 0 Å². The van der Waals surface area contributed by atoms with Crippen molar-refractivity contribution in [3.63, 3.8) is 0 Å². The smallest absolute Gasteiger partial charge is 0.423 e. The number of hydrogen-bond donors (Lipinski definition) is 4. The number of Topliss-reactive ketones (excluding diaryl/α,β-unsaturated/α-hetero) is 1. The number of hydrogen-bond acceptors (Lipinski definition) is 7. The summed E-state index contributed by atoms with van der Waals surface area (Å²) in [6, 6.07) is 8.99. The second kappa shape index (κ2) is 8.37. The van der Waals surface area contributed by atoms with E-state index in [0.29, 0.717) is 11.1 Å². The van der Waals surface area contributed by atoms with Crippen molar-refractivity contribution in [3.8, 4) is 0 Å². The maximum Gasteiger partial charge on any atom is 0.488 e. The highest BCUT2D eigenvalue weighted by molar-refractivity contribution is 7.93. The molecule has 0 radical (unpaired) electrons. The van der Waals surface area contributed by atoms with E-state index in [1.807, 2.05) is 0 Å². The number of nitrogens with zero attached hydrogens (tertiary/aromatic N) is 1. The van der Waals surface area contributed by atoms with Crippen LogP contribution in [0.5, 0.6) is 0 Å². The summed E-state index contributed by atoms with van der Waals surface area (Å²) < 4.78 is 18.0. The Balaban J connectivity index is 2.82. The lowest BCUT2D eigenvalue weighted by Crippen LogP contribution is -2.31. The van der Waals surface area contributed by atoms with Crippen LogP contribution in [-0.4, -0.2) is 50.9 Å². The topological polar surface area (TPSA) is 127 Å². The minimum Gasteiger partial charge on any atom is -0.423 e. The molecular formula is C17H21B2NO6S. The van der Waals surface area contributed by atoms with E-state index < -0.39 is 24.0 Å². The molecule has 4 N–H and O–H groups in total. The highest BCUT2D eigenvalue weighted by atomic mass is 32.2. The standard InChI is InChI=1S/C17H21B2NO6S/c1-11-4-14(18(22)23)8-16(6-11)27(26,20-10-13(3)21)17-7-12(2)5-15(9-17)19(24)25/h4-9,22-25H,10H2,1-3H3. The van der Waals surface area contributed by atoms with Crippen molar-refractivity contribution in [1.82, 2.24) is 0 Å². The molecule has 7 nitrogen and oxygen atoms in total. The first-order valence-corrected chi connectivity index (χ1v) is 9.72. The van der Waals surface area contributed by atoms with Gasteiger partial charge in [0.05, 0.1) is 9.79 Å². The van der Waals surface area contributed by atoms with Crippen LogP contribution in [0.4, 0.5) is 0 Å². The molecule has 0 aliphatic heterocycles. The van der Waals surface area contributed by atoms with Gasteiger partial charge in [0.1, 0.15) is 16.3 Å². The van der Waals surface area contributed by atoms with Crippen molar-refractivity contribution < 1.29 is 29.1 Å². The lowest BCUT2D eigenvalue weighted by Gasteiger charge is -2.15. The molecule has 0 aliphatic carbocycles. The van der Waals surface area contributed by atoms with Crippen molar-refractivity contribution in [2.75, 3.05) is 6.54 Å². The van der Waals surface area contributed by atoms with E-state index in [0.717, 1.165) is 0 Å². The third kappa shape index (κ3) is 5.06. The molecule has 142 valence electrons. The molecule has 0 saturated carbocycles. The molecule has 0 fully saturated rings. The van der Waals surface area contributed by atoms with Gasteiger partial charge in [0.2, 0.25) is 0 Å². The Morgan fingerprint density at radius 3 is 1.63 bits per heavy atom. The summed E-state index contributed by atoms with van der Waals surface area (Å²) in [7, 11) is -6.85. The lowest BCUT2D eigenvalue weighted by atomic mass is 9.80. The zero-order chi connectivity index (χ0) is 20.4. The summed E-state index contributed by atoms with van der Waals surface area (Å²) in [5.74, 6) is -0.284. The molecular weight excluding hydrogens is 368 g/mol.